The summed E-state index contributed by atoms with van der Waals surface area (Å²) in [6, 6.07) is 3.84. The quantitative estimate of drug-likeness (QED) is 0.793. The molecular formula is C14H17FN2O3. The number of halogens is 1. The second kappa shape index (κ2) is 5.48. The predicted octanol–water partition coefficient (Wildman–Crippen LogP) is 2.65. The molecule has 1 saturated carbocycles. The first-order chi connectivity index (χ1) is 9.40. The molecule has 1 aromatic rings. The van der Waals surface area contributed by atoms with Crippen LogP contribution >= 0.6 is 0 Å². The molecule has 20 heavy (non-hydrogen) atoms. The average molecular weight is 280 g/mol. The molecule has 0 atom stereocenters. The molecule has 0 bridgehead atoms. The van der Waals surface area contributed by atoms with Gasteiger partial charge in [-0.15, -0.1) is 0 Å². The van der Waals surface area contributed by atoms with Gasteiger partial charge in [0, 0.05) is 0 Å². The van der Waals surface area contributed by atoms with E-state index in [1.807, 2.05) is 0 Å². The van der Waals surface area contributed by atoms with Crippen molar-refractivity contribution in [1.29, 1.82) is 0 Å². The molecule has 1 aliphatic rings. The van der Waals surface area contributed by atoms with E-state index >= 15 is 0 Å². The highest BCUT2D eigenvalue weighted by Gasteiger charge is 2.40. The molecule has 0 heterocycles. The molecule has 3 N–H and O–H groups in total. The molecule has 1 aliphatic carbocycles. The minimum atomic E-state index is -0.952. The number of carbonyl (C=O) groups excluding carboxylic acids is 1. The van der Waals surface area contributed by atoms with Crippen molar-refractivity contribution in [2.45, 2.75) is 38.1 Å². The number of hydrogen-bond acceptors (Lipinski definition) is 2. The minimum absolute atomic E-state index is 0.0901. The molecule has 6 heteroatoms. The maximum Gasteiger partial charge on any atom is 0.319 e. The summed E-state index contributed by atoms with van der Waals surface area (Å²) in [4.78, 5) is 22.7. The summed E-state index contributed by atoms with van der Waals surface area (Å²) in [5, 5.41) is 14.0. The van der Waals surface area contributed by atoms with Crippen LogP contribution in [-0.2, 0) is 4.79 Å². The number of hydrogen-bond donors (Lipinski definition) is 3. The Kier molecular flexibility index (Phi) is 3.92. The van der Waals surface area contributed by atoms with Gasteiger partial charge in [0.15, 0.2) is 0 Å². The lowest BCUT2D eigenvalue weighted by Crippen LogP contribution is -2.55. The van der Waals surface area contributed by atoms with Gasteiger partial charge in [-0.25, -0.2) is 9.18 Å². The zero-order valence-corrected chi connectivity index (χ0v) is 11.2. The Hall–Kier alpha value is -2.11. The molecule has 0 spiro atoms. The number of urea groups is 1. The maximum atomic E-state index is 13.5. The van der Waals surface area contributed by atoms with Crippen LogP contribution in [0.1, 0.15) is 31.2 Å². The van der Waals surface area contributed by atoms with E-state index in [0.29, 0.717) is 12.8 Å². The van der Waals surface area contributed by atoms with E-state index in [4.69, 9.17) is 5.11 Å². The summed E-state index contributed by atoms with van der Waals surface area (Å²) in [5.74, 6) is -1.47. The largest absolute Gasteiger partial charge is 0.481 e. The van der Waals surface area contributed by atoms with E-state index in [2.05, 4.69) is 10.6 Å². The highest BCUT2D eigenvalue weighted by atomic mass is 19.1. The molecule has 2 amide bonds. The maximum absolute atomic E-state index is 13.5. The fraction of sp³-hybridized carbons (Fsp3) is 0.429. The third-order valence-corrected chi connectivity index (χ3v) is 3.55. The number of benzene rings is 1. The summed E-state index contributed by atoms with van der Waals surface area (Å²) >= 11 is 0. The smallest absolute Gasteiger partial charge is 0.319 e. The van der Waals surface area contributed by atoms with E-state index < -0.39 is 23.4 Å². The summed E-state index contributed by atoms with van der Waals surface area (Å²) in [6.07, 6.45) is 2.02. The average Bonchev–Trinajstić information content (AvgIpc) is 2.30. The Labute approximate surface area is 116 Å². The van der Waals surface area contributed by atoms with Gasteiger partial charge in [0.2, 0.25) is 0 Å². The van der Waals surface area contributed by atoms with Gasteiger partial charge >= 0.3 is 12.0 Å². The summed E-state index contributed by atoms with van der Waals surface area (Å²) in [7, 11) is 0. The Morgan fingerprint density at radius 2 is 2.10 bits per heavy atom. The van der Waals surface area contributed by atoms with E-state index in [9.17, 15) is 14.0 Å². The lowest BCUT2D eigenvalue weighted by molar-refractivity contribution is -0.139. The number of aliphatic carboxylic acids is 1. The molecule has 0 radical (unpaired) electrons. The van der Waals surface area contributed by atoms with Crippen LogP contribution in [0.3, 0.4) is 0 Å². The first-order valence-electron chi connectivity index (χ1n) is 6.47. The van der Waals surface area contributed by atoms with Crippen LogP contribution in [-0.4, -0.2) is 22.6 Å². The monoisotopic (exact) mass is 280 g/mol. The SMILES string of the molecule is Cc1ccc(F)c(NC(=O)NC2(CC(=O)O)CCC2)c1. The summed E-state index contributed by atoms with van der Waals surface area (Å²) in [5.41, 5.74) is 0.217. The van der Waals surface area contributed by atoms with Gasteiger partial charge in [-0.05, 0) is 43.9 Å². The van der Waals surface area contributed by atoms with Gasteiger partial charge < -0.3 is 15.7 Å². The van der Waals surface area contributed by atoms with Crippen LogP contribution in [0.2, 0.25) is 0 Å². The van der Waals surface area contributed by atoms with Crippen molar-refractivity contribution in [3.05, 3.63) is 29.6 Å². The Bertz CT molecular complexity index is 541. The lowest BCUT2D eigenvalue weighted by Gasteiger charge is -2.41. The number of amides is 2. The zero-order chi connectivity index (χ0) is 14.8. The molecular weight excluding hydrogens is 263 g/mol. The summed E-state index contributed by atoms with van der Waals surface area (Å²) < 4.78 is 13.5. The van der Waals surface area contributed by atoms with E-state index in [1.54, 1.807) is 13.0 Å². The first-order valence-corrected chi connectivity index (χ1v) is 6.47. The number of carbonyl (C=O) groups is 2. The molecule has 0 saturated heterocycles. The topological polar surface area (TPSA) is 78.4 Å². The lowest BCUT2D eigenvalue weighted by atomic mass is 9.74. The fourth-order valence-corrected chi connectivity index (χ4v) is 2.37. The van der Waals surface area contributed by atoms with E-state index in [0.717, 1.165) is 12.0 Å². The molecule has 0 aromatic heterocycles. The van der Waals surface area contributed by atoms with Crippen LogP contribution in [0.25, 0.3) is 0 Å². The van der Waals surface area contributed by atoms with Crippen LogP contribution < -0.4 is 10.6 Å². The van der Waals surface area contributed by atoms with Crippen LogP contribution in [0.4, 0.5) is 14.9 Å². The van der Waals surface area contributed by atoms with Crippen LogP contribution in [0.15, 0.2) is 18.2 Å². The van der Waals surface area contributed by atoms with Gasteiger partial charge in [0.1, 0.15) is 5.82 Å². The fourth-order valence-electron chi connectivity index (χ4n) is 2.37. The Morgan fingerprint density at radius 3 is 2.65 bits per heavy atom. The van der Waals surface area contributed by atoms with Crippen molar-refractivity contribution in [2.24, 2.45) is 0 Å². The van der Waals surface area contributed by atoms with Crippen LogP contribution in [0.5, 0.6) is 0 Å². The van der Waals surface area contributed by atoms with Crippen LogP contribution in [0, 0.1) is 12.7 Å². The van der Waals surface area contributed by atoms with Gasteiger partial charge in [-0.1, -0.05) is 6.07 Å². The van der Waals surface area contributed by atoms with E-state index in [-0.39, 0.29) is 12.1 Å². The van der Waals surface area contributed by atoms with Crippen molar-refractivity contribution < 1.29 is 19.1 Å². The van der Waals surface area contributed by atoms with Gasteiger partial charge in [0.05, 0.1) is 17.6 Å². The van der Waals surface area contributed by atoms with Gasteiger partial charge in [-0.2, -0.15) is 0 Å². The number of anilines is 1. The highest BCUT2D eigenvalue weighted by Crippen LogP contribution is 2.35. The van der Waals surface area contributed by atoms with Crippen molar-refractivity contribution in [3.63, 3.8) is 0 Å². The van der Waals surface area contributed by atoms with Gasteiger partial charge in [-0.3, -0.25) is 4.79 Å². The summed E-state index contributed by atoms with van der Waals surface area (Å²) in [6.45, 7) is 1.79. The second-order valence-electron chi connectivity index (χ2n) is 5.27. The molecule has 5 nitrogen and oxygen atoms in total. The highest BCUT2D eigenvalue weighted by molar-refractivity contribution is 5.90. The van der Waals surface area contributed by atoms with Crippen molar-refractivity contribution in [3.8, 4) is 0 Å². The first kappa shape index (κ1) is 14.3. The predicted molar refractivity (Wildman–Crippen MR) is 72.1 cm³/mol. The normalized spacial score (nSPS) is 16.1. The number of aryl methyl sites for hydroxylation is 1. The van der Waals surface area contributed by atoms with E-state index in [1.165, 1.54) is 12.1 Å². The second-order valence-corrected chi connectivity index (χ2v) is 5.27. The zero-order valence-electron chi connectivity index (χ0n) is 11.2. The van der Waals surface area contributed by atoms with Crippen molar-refractivity contribution >= 4 is 17.7 Å². The number of carboxylic acids is 1. The number of carboxylic acid groups (broad SMARTS) is 1. The number of rotatable bonds is 4. The molecule has 0 unspecified atom stereocenters. The standard InChI is InChI=1S/C14H17FN2O3/c1-9-3-4-10(15)11(7-9)16-13(20)17-14(5-2-6-14)8-12(18)19/h3-4,7H,2,5-6,8H2,1H3,(H,18,19)(H2,16,17,20). The van der Waals surface area contributed by atoms with Crippen molar-refractivity contribution in [1.82, 2.24) is 5.32 Å². The Morgan fingerprint density at radius 1 is 1.40 bits per heavy atom. The number of nitrogens with one attached hydrogen (secondary N) is 2. The minimum Gasteiger partial charge on any atom is -0.481 e. The third-order valence-electron chi connectivity index (χ3n) is 3.55. The molecule has 1 aromatic carbocycles. The molecule has 0 aliphatic heterocycles. The molecule has 1 fully saturated rings. The third kappa shape index (κ3) is 3.26. The van der Waals surface area contributed by atoms with Crippen molar-refractivity contribution in [2.75, 3.05) is 5.32 Å². The Balaban J connectivity index is 2.01. The molecule has 108 valence electrons. The van der Waals surface area contributed by atoms with Gasteiger partial charge in [0.25, 0.3) is 0 Å². The molecule has 2 rings (SSSR count).